The third-order valence-electron chi connectivity index (χ3n) is 5.76. The monoisotopic (exact) mass is 468 g/mol. The molecular formula is C25H28N2O5S. The molecule has 8 heteroatoms. The molecule has 2 heterocycles. The van der Waals surface area contributed by atoms with Crippen molar-refractivity contribution in [2.45, 2.75) is 33.1 Å². The van der Waals surface area contributed by atoms with Gasteiger partial charge in [0.25, 0.3) is 11.1 Å². The van der Waals surface area contributed by atoms with Gasteiger partial charge in [-0.2, -0.15) is 0 Å². The van der Waals surface area contributed by atoms with Crippen LogP contribution in [0.5, 0.6) is 11.5 Å². The Bertz CT molecular complexity index is 1100. The molecule has 3 amide bonds. The van der Waals surface area contributed by atoms with E-state index in [1.165, 1.54) is 0 Å². The van der Waals surface area contributed by atoms with E-state index in [9.17, 15) is 14.4 Å². The maximum absolute atomic E-state index is 13.1. The van der Waals surface area contributed by atoms with E-state index >= 15 is 0 Å². The van der Waals surface area contributed by atoms with Gasteiger partial charge in [0.05, 0.1) is 18.1 Å². The average molecular weight is 469 g/mol. The molecule has 0 spiro atoms. The highest BCUT2D eigenvalue weighted by Crippen LogP contribution is 2.38. The molecule has 0 bridgehead atoms. The molecule has 0 saturated carbocycles. The number of thioether (sulfide) groups is 1. The lowest BCUT2D eigenvalue weighted by Gasteiger charge is -2.27. The van der Waals surface area contributed by atoms with Crippen LogP contribution in [0.15, 0.2) is 35.2 Å². The fraction of sp³-hybridized carbons (Fsp3) is 0.400. The van der Waals surface area contributed by atoms with Crippen LogP contribution in [0.1, 0.15) is 38.7 Å². The van der Waals surface area contributed by atoms with Crippen LogP contribution in [0.25, 0.3) is 16.8 Å². The lowest BCUT2D eigenvalue weighted by molar-refractivity contribution is -0.136. The smallest absolute Gasteiger partial charge is 0.294 e. The summed E-state index contributed by atoms with van der Waals surface area (Å²) < 4.78 is 11.5. The first-order chi connectivity index (χ1) is 16.0. The summed E-state index contributed by atoms with van der Waals surface area (Å²) >= 11 is 0.856. The average Bonchev–Trinajstić information content (AvgIpc) is 3.09. The molecule has 4 rings (SSSR count). The first-order valence-corrected chi connectivity index (χ1v) is 12.2. The number of amides is 3. The summed E-state index contributed by atoms with van der Waals surface area (Å²) in [5, 5.41) is 1.40. The Kier molecular flexibility index (Phi) is 7.23. The lowest BCUT2D eigenvalue weighted by Crippen LogP contribution is -2.44. The van der Waals surface area contributed by atoms with E-state index in [4.69, 9.17) is 9.47 Å². The van der Waals surface area contributed by atoms with E-state index in [1.807, 2.05) is 44.2 Å². The molecule has 7 nitrogen and oxygen atoms in total. The summed E-state index contributed by atoms with van der Waals surface area (Å²) in [7, 11) is 0. The molecule has 174 valence electrons. The number of carbonyl (C=O) groups is 3. The van der Waals surface area contributed by atoms with Gasteiger partial charge in [-0.05, 0) is 79.9 Å². The van der Waals surface area contributed by atoms with Gasteiger partial charge < -0.3 is 14.4 Å². The normalized spacial score (nSPS) is 17.8. The Morgan fingerprint density at radius 2 is 1.76 bits per heavy atom. The number of imide groups is 1. The predicted molar refractivity (Wildman–Crippen MR) is 129 cm³/mol. The second-order valence-corrected chi connectivity index (χ2v) is 8.93. The molecule has 2 aliphatic heterocycles. The number of ether oxygens (including phenoxy) is 2. The van der Waals surface area contributed by atoms with E-state index in [-0.39, 0.29) is 17.4 Å². The van der Waals surface area contributed by atoms with Crippen molar-refractivity contribution in [1.82, 2.24) is 9.80 Å². The van der Waals surface area contributed by atoms with Crippen LogP contribution >= 0.6 is 11.8 Å². The minimum absolute atomic E-state index is 0.181. The van der Waals surface area contributed by atoms with Crippen molar-refractivity contribution in [2.24, 2.45) is 0 Å². The number of hydrogen-bond acceptors (Lipinski definition) is 6. The Morgan fingerprint density at radius 3 is 2.48 bits per heavy atom. The number of piperidine rings is 1. The van der Waals surface area contributed by atoms with E-state index in [0.717, 1.165) is 46.7 Å². The molecular weight excluding hydrogens is 440 g/mol. The first-order valence-electron chi connectivity index (χ1n) is 11.4. The Balaban J connectivity index is 1.66. The number of likely N-dealkylation sites (tertiary alicyclic amines) is 1. The summed E-state index contributed by atoms with van der Waals surface area (Å²) in [6.07, 6.45) is 4.71. The minimum atomic E-state index is -0.448. The summed E-state index contributed by atoms with van der Waals surface area (Å²) in [5.41, 5.74) is 0.712. The zero-order chi connectivity index (χ0) is 23.4. The number of nitrogens with zero attached hydrogens (tertiary/aromatic N) is 2. The zero-order valence-electron chi connectivity index (χ0n) is 19.0. The van der Waals surface area contributed by atoms with Crippen LogP contribution in [-0.2, 0) is 9.59 Å². The molecule has 0 unspecified atom stereocenters. The molecule has 0 atom stereocenters. The van der Waals surface area contributed by atoms with Gasteiger partial charge in [0.1, 0.15) is 18.0 Å². The van der Waals surface area contributed by atoms with Gasteiger partial charge in [-0.1, -0.05) is 12.1 Å². The van der Waals surface area contributed by atoms with Gasteiger partial charge in [-0.3, -0.25) is 19.3 Å². The van der Waals surface area contributed by atoms with Gasteiger partial charge >= 0.3 is 0 Å². The molecule has 33 heavy (non-hydrogen) atoms. The largest absolute Gasteiger partial charge is 0.494 e. The Hall–Kier alpha value is -3.00. The second-order valence-electron chi connectivity index (χ2n) is 7.94. The SMILES string of the molecule is CCOc1ccc2ccc(OCC)c(/C=C3\SC(=O)N(CC(=O)N4CCCCC4)C3=O)c2c1. The topological polar surface area (TPSA) is 76.2 Å². The summed E-state index contributed by atoms with van der Waals surface area (Å²) in [4.78, 5) is 41.4. The quantitative estimate of drug-likeness (QED) is 0.549. The standard InChI is InChI=1S/C25H28N2O5S/c1-3-31-18-10-8-17-9-11-21(32-4-2)20(19(17)14-18)15-22-24(29)27(25(30)33-22)16-23(28)26-12-6-5-7-13-26/h8-11,14-15H,3-7,12-13,16H2,1-2H3/b22-15-. The molecule has 2 fully saturated rings. The highest BCUT2D eigenvalue weighted by atomic mass is 32.2. The van der Waals surface area contributed by atoms with E-state index in [2.05, 4.69) is 0 Å². The van der Waals surface area contributed by atoms with Crippen LogP contribution in [0.2, 0.25) is 0 Å². The number of fused-ring (bicyclic) bond motifs is 1. The summed E-state index contributed by atoms with van der Waals surface area (Å²) in [5.74, 6) is 0.707. The predicted octanol–water partition coefficient (Wildman–Crippen LogP) is 4.69. The van der Waals surface area contributed by atoms with E-state index in [0.29, 0.717) is 43.4 Å². The van der Waals surface area contributed by atoms with Crippen LogP contribution in [0, 0.1) is 0 Å². The number of rotatable bonds is 7. The summed E-state index contributed by atoms with van der Waals surface area (Å²) in [6, 6.07) is 9.59. The first kappa shape index (κ1) is 23.2. The van der Waals surface area contributed by atoms with Crippen molar-refractivity contribution in [2.75, 3.05) is 32.8 Å². The van der Waals surface area contributed by atoms with Crippen molar-refractivity contribution < 1.29 is 23.9 Å². The second kappa shape index (κ2) is 10.3. The van der Waals surface area contributed by atoms with Gasteiger partial charge in [0, 0.05) is 18.7 Å². The number of benzene rings is 2. The van der Waals surface area contributed by atoms with Crippen LogP contribution in [-0.4, -0.2) is 59.7 Å². The van der Waals surface area contributed by atoms with Crippen molar-refractivity contribution >= 4 is 45.7 Å². The third-order valence-corrected chi connectivity index (χ3v) is 6.66. The van der Waals surface area contributed by atoms with Crippen LogP contribution in [0.3, 0.4) is 0 Å². The maximum atomic E-state index is 13.1. The number of carbonyl (C=O) groups excluding carboxylic acids is 3. The fourth-order valence-corrected chi connectivity index (χ4v) is 4.95. The third kappa shape index (κ3) is 5.00. The van der Waals surface area contributed by atoms with Crippen LogP contribution < -0.4 is 9.47 Å². The maximum Gasteiger partial charge on any atom is 0.294 e. The van der Waals surface area contributed by atoms with Crippen LogP contribution in [0.4, 0.5) is 4.79 Å². The van der Waals surface area contributed by atoms with E-state index in [1.54, 1.807) is 11.0 Å². The Labute approximate surface area is 197 Å². The highest BCUT2D eigenvalue weighted by molar-refractivity contribution is 8.18. The van der Waals surface area contributed by atoms with Crippen molar-refractivity contribution in [3.63, 3.8) is 0 Å². The van der Waals surface area contributed by atoms with Gasteiger partial charge in [0.2, 0.25) is 5.91 Å². The molecule has 2 saturated heterocycles. The molecule has 0 aromatic heterocycles. The van der Waals surface area contributed by atoms with Crippen molar-refractivity contribution in [1.29, 1.82) is 0 Å². The number of hydrogen-bond donors (Lipinski definition) is 0. The highest BCUT2D eigenvalue weighted by Gasteiger charge is 2.37. The van der Waals surface area contributed by atoms with Gasteiger partial charge in [-0.15, -0.1) is 0 Å². The van der Waals surface area contributed by atoms with Crippen molar-refractivity contribution in [3.05, 3.63) is 40.8 Å². The van der Waals surface area contributed by atoms with Gasteiger partial charge in [-0.25, -0.2) is 0 Å². The molecule has 2 aromatic carbocycles. The van der Waals surface area contributed by atoms with Gasteiger partial charge in [0.15, 0.2) is 0 Å². The molecule has 2 aromatic rings. The Morgan fingerprint density at radius 1 is 1.03 bits per heavy atom. The van der Waals surface area contributed by atoms with E-state index < -0.39 is 11.1 Å². The fourth-order valence-electron chi connectivity index (χ4n) is 4.13. The van der Waals surface area contributed by atoms with Crippen molar-refractivity contribution in [3.8, 4) is 11.5 Å². The molecule has 0 N–H and O–H groups in total. The zero-order valence-corrected chi connectivity index (χ0v) is 19.8. The molecule has 0 radical (unpaired) electrons. The summed E-state index contributed by atoms with van der Waals surface area (Å²) in [6.45, 7) is 5.96. The lowest BCUT2D eigenvalue weighted by atomic mass is 10.0. The molecule has 2 aliphatic rings. The molecule has 0 aliphatic carbocycles. The minimum Gasteiger partial charge on any atom is -0.494 e.